The predicted molar refractivity (Wildman–Crippen MR) is 110 cm³/mol. The lowest BCUT2D eigenvalue weighted by Gasteiger charge is -2.26. The highest BCUT2D eigenvalue weighted by molar-refractivity contribution is 5.80. The van der Waals surface area contributed by atoms with Crippen LogP contribution < -0.4 is 16.6 Å². The van der Waals surface area contributed by atoms with Crippen molar-refractivity contribution < 1.29 is 4.79 Å². The topological polar surface area (TPSA) is 90.0 Å². The summed E-state index contributed by atoms with van der Waals surface area (Å²) in [6, 6.07) is 11.5. The first-order valence-corrected chi connectivity index (χ1v) is 9.65. The lowest BCUT2D eigenvalue weighted by molar-refractivity contribution is -0.122. The van der Waals surface area contributed by atoms with Gasteiger partial charge in [0.05, 0.1) is 23.3 Å². The van der Waals surface area contributed by atoms with Crippen LogP contribution in [0.4, 0.5) is 5.69 Å². The molecule has 3 aromatic rings. The fraction of sp³-hybridized carbons (Fsp3) is 0.318. The number of fused-ring (bicyclic) bond motifs is 2. The number of carbonyl (C=O) groups is 1. The maximum atomic E-state index is 12.7. The van der Waals surface area contributed by atoms with Crippen LogP contribution >= 0.6 is 0 Å². The Labute approximate surface area is 163 Å². The van der Waals surface area contributed by atoms with Gasteiger partial charge in [-0.3, -0.25) is 14.2 Å². The summed E-state index contributed by atoms with van der Waals surface area (Å²) in [5, 5.41) is 3.70. The Bertz CT molecular complexity index is 1100. The van der Waals surface area contributed by atoms with E-state index < -0.39 is 0 Å². The molecule has 28 heavy (non-hydrogen) atoms. The Kier molecular flexibility index (Phi) is 4.86. The van der Waals surface area contributed by atoms with E-state index in [1.54, 1.807) is 6.07 Å². The lowest BCUT2D eigenvalue weighted by Crippen LogP contribution is -2.32. The van der Waals surface area contributed by atoms with Crippen molar-refractivity contribution in [3.63, 3.8) is 0 Å². The molecule has 1 aromatic heterocycles. The molecule has 1 heterocycles. The molecule has 1 aliphatic rings. The highest BCUT2D eigenvalue weighted by Crippen LogP contribution is 2.31. The first-order chi connectivity index (χ1) is 13.5. The van der Waals surface area contributed by atoms with Gasteiger partial charge in [-0.1, -0.05) is 18.2 Å². The van der Waals surface area contributed by atoms with Crippen molar-refractivity contribution in [2.45, 2.75) is 45.2 Å². The van der Waals surface area contributed by atoms with Gasteiger partial charge in [0.2, 0.25) is 5.91 Å². The Hall–Kier alpha value is -3.15. The SMILES string of the molecule is Cc1cccc2c(=O)n(CCC(=O)NC3CCCc4cc(N)ccc43)cnc12. The number of aromatic nitrogens is 2. The molecule has 0 saturated carbocycles. The minimum Gasteiger partial charge on any atom is -0.399 e. The van der Waals surface area contributed by atoms with Gasteiger partial charge in [-0.15, -0.1) is 0 Å². The van der Waals surface area contributed by atoms with Crippen molar-refractivity contribution in [3.8, 4) is 0 Å². The number of benzene rings is 2. The van der Waals surface area contributed by atoms with E-state index in [9.17, 15) is 9.59 Å². The molecule has 0 bridgehead atoms. The summed E-state index contributed by atoms with van der Waals surface area (Å²) in [7, 11) is 0. The van der Waals surface area contributed by atoms with Crippen LogP contribution in [0.15, 0.2) is 47.5 Å². The van der Waals surface area contributed by atoms with Crippen LogP contribution in [0.25, 0.3) is 10.9 Å². The fourth-order valence-electron chi connectivity index (χ4n) is 3.97. The maximum Gasteiger partial charge on any atom is 0.261 e. The normalized spacial score (nSPS) is 16.0. The molecule has 4 rings (SSSR count). The third-order valence-electron chi connectivity index (χ3n) is 5.45. The van der Waals surface area contributed by atoms with Crippen LogP contribution in [0.2, 0.25) is 0 Å². The van der Waals surface area contributed by atoms with Crippen molar-refractivity contribution >= 4 is 22.5 Å². The van der Waals surface area contributed by atoms with E-state index in [2.05, 4.69) is 10.3 Å². The fourth-order valence-corrected chi connectivity index (χ4v) is 3.97. The Morgan fingerprint density at radius 2 is 2.18 bits per heavy atom. The quantitative estimate of drug-likeness (QED) is 0.685. The average molecular weight is 376 g/mol. The number of rotatable bonds is 4. The van der Waals surface area contributed by atoms with Gasteiger partial charge < -0.3 is 11.1 Å². The number of hydrogen-bond acceptors (Lipinski definition) is 4. The predicted octanol–water partition coefficient (Wildman–Crippen LogP) is 2.87. The number of amides is 1. The van der Waals surface area contributed by atoms with Crippen LogP contribution in [0.3, 0.4) is 0 Å². The van der Waals surface area contributed by atoms with Gasteiger partial charge in [0.1, 0.15) is 0 Å². The molecule has 1 unspecified atom stereocenters. The highest BCUT2D eigenvalue weighted by atomic mass is 16.2. The zero-order chi connectivity index (χ0) is 19.7. The number of carbonyl (C=O) groups excluding carboxylic acids is 1. The second-order valence-electron chi connectivity index (χ2n) is 7.43. The summed E-state index contributed by atoms with van der Waals surface area (Å²) < 4.78 is 1.51. The van der Waals surface area contributed by atoms with Gasteiger partial charge in [-0.2, -0.15) is 0 Å². The van der Waals surface area contributed by atoms with Crippen molar-refractivity contribution in [1.82, 2.24) is 14.9 Å². The summed E-state index contributed by atoms with van der Waals surface area (Å²) in [4.78, 5) is 29.6. The Balaban J connectivity index is 1.45. The molecular weight excluding hydrogens is 352 g/mol. The number of anilines is 1. The lowest BCUT2D eigenvalue weighted by atomic mass is 9.87. The molecule has 1 atom stereocenters. The Morgan fingerprint density at radius 3 is 3.04 bits per heavy atom. The molecule has 1 aliphatic carbocycles. The van der Waals surface area contributed by atoms with Crippen molar-refractivity contribution in [2.24, 2.45) is 0 Å². The first kappa shape index (κ1) is 18.2. The molecule has 0 fully saturated rings. The smallest absolute Gasteiger partial charge is 0.261 e. The molecule has 6 heteroatoms. The molecule has 0 radical (unpaired) electrons. The number of nitrogens with two attached hydrogens (primary N) is 1. The number of nitrogens with zero attached hydrogens (tertiary/aromatic N) is 2. The van der Waals surface area contributed by atoms with E-state index >= 15 is 0 Å². The second kappa shape index (κ2) is 7.46. The molecule has 0 aliphatic heterocycles. The number of para-hydroxylation sites is 1. The van der Waals surface area contributed by atoms with Crippen LogP contribution in [0, 0.1) is 6.92 Å². The largest absolute Gasteiger partial charge is 0.399 e. The van der Waals surface area contributed by atoms with E-state index in [0.717, 1.165) is 36.1 Å². The van der Waals surface area contributed by atoms with Gasteiger partial charge in [0, 0.05) is 18.7 Å². The number of nitrogens with one attached hydrogen (secondary N) is 1. The van der Waals surface area contributed by atoms with Gasteiger partial charge in [-0.25, -0.2) is 4.98 Å². The summed E-state index contributed by atoms with van der Waals surface area (Å²) in [6.07, 6.45) is 4.70. The van der Waals surface area contributed by atoms with Gasteiger partial charge in [0.25, 0.3) is 5.56 Å². The van der Waals surface area contributed by atoms with Gasteiger partial charge in [-0.05, 0) is 61.1 Å². The van der Waals surface area contributed by atoms with Crippen molar-refractivity contribution in [3.05, 3.63) is 69.8 Å². The minimum atomic E-state index is -0.111. The zero-order valence-electron chi connectivity index (χ0n) is 15.9. The summed E-state index contributed by atoms with van der Waals surface area (Å²) >= 11 is 0. The molecule has 144 valence electrons. The van der Waals surface area contributed by atoms with E-state index in [1.165, 1.54) is 16.5 Å². The molecule has 0 saturated heterocycles. The van der Waals surface area contributed by atoms with Crippen LogP contribution in [0.5, 0.6) is 0 Å². The highest BCUT2D eigenvalue weighted by Gasteiger charge is 2.21. The summed E-state index contributed by atoms with van der Waals surface area (Å²) in [5.41, 5.74) is 10.6. The van der Waals surface area contributed by atoms with Crippen molar-refractivity contribution in [1.29, 1.82) is 0 Å². The monoisotopic (exact) mass is 376 g/mol. The second-order valence-corrected chi connectivity index (χ2v) is 7.43. The van der Waals surface area contributed by atoms with Crippen LogP contribution in [-0.2, 0) is 17.8 Å². The standard InChI is InChI=1S/C22H24N4O2/c1-14-4-2-6-18-21(14)24-13-26(22(18)28)11-10-20(27)25-19-7-3-5-15-12-16(23)8-9-17(15)19/h2,4,6,8-9,12-13,19H,3,5,7,10-11,23H2,1H3,(H,25,27). The maximum absolute atomic E-state index is 12.7. The third kappa shape index (κ3) is 3.50. The Morgan fingerprint density at radius 1 is 1.32 bits per heavy atom. The van der Waals surface area contributed by atoms with Crippen LogP contribution in [-0.4, -0.2) is 15.5 Å². The number of nitrogen functional groups attached to an aromatic ring is 1. The third-order valence-corrected chi connectivity index (χ3v) is 5.45. The van der Waals surface area contributed by atoms with E-state index in [4.69, 9.17) is 5.73 Å². The molecule has 2 aromatic carbocycles. The number of hydrogen-bond donors (Lipinski definition) is 2. The van der Waals surface area contributed by atoms with Crippen molar-refractivity contribution in [2.75, 3.05) is 5.73 Å². The molecule has 3 N–H and O–H groups in total. The zero-order valence-corrected chi connectivity index (χ0v) is 15.9. The van der Waals surface area contributed by atoms with Crippen LogP contribution in [0.1, 0.15) is 42.0 Å². The van der Waals surface area contributed by atoms with E-state index in [0.29, 0.717) is 17.4 Å². The molecule has 6 nitrogen and oxygen atoms in total. The molecule has 1 amide bonds. The first-order valence-electron chi connectivity index (χ1n) is 9.65. The van der Waals surface area contributed by atoms with Gasteiger partial charge in [0.15, 0.2) is 0 Å². The molecular formula is C22H24N4O2. The van der Waals surface area contributed by atoms with E-state index in [1.807, 2.05) is 37.3 Å². The number of aryl methyl sites for hydroxylation is 3. The van der Waals surface area contributed by atoms with Gasteiger partial charge >= 0.3 is 0 Å². The summed E-state index contributed by atoms with van der Waals surface area (Å²) in [6.45, 7) is 2.24. The average Bonchev–Trinajstić information content (AvgIpc) is 2.68. The molecule has 0 spiro atoms. The summed E-state index contributed by atoms with van der Waals surface area (Å²) in [5.74, 6) is -0.0640. The minimum absolute atomic E-state index is 0.00551. The van der Waals surface area contributed by atoms with E-state index in [-0.39, 0.29) is 23.9 Å².